The van der Waals surface area contributed by atoms with E-state index in [2.05, 4.69) is 10.3 Å². The quantitative estimate of drug-likeness (QED) is 0.586. The standard InChI is InChI=1S/C19H22N2O5/c1-5-25-15-9-7-6-8-14(15)21-16(23)10-26-19(24)18-11(2)17(13(4)22)12(3)20-18/h6-9,20H,5,10H2,1-4H3,(H,21,23). The number of carbonyl (C=O) groups is 3. The summed E-state index contributed by atoms with van der Waals surface area (Å²) in [7, 11) is 0. The van der Waals surface area contributed by atoms with Crippen LogP contribution in [0.2, 0.25) is 0 Å². The number of esters is 1. The number of benzene rings is 1. The number of H-pyrrole nitrogens is 1. The van der Waals surface area contributed by atoms with Gasteiger partial charge in [0.05, 0.1) is 12.3 Å². The Morgan fingerprint density at radius 3 is 2.46 bits per heavy atom. The Balaban J connectivity index is 2.01. The Kier molecular flexibility index (Phi) is 6.16. The van der Waals surface area contributed by atoms with E-state index in [0.717, 1.165) is 0 Å². The summed E-state index contributed by atoms with van der Waals surface area (Å²) in [5.41, 5.74) is 2.25. The first-order valence-corrected chi connectivity index (χ1v) is 8.24. The summed E-state index contributed by atoms with van der Waals surface area (Å²) in [5.74, 6) is -0.776. The van der Waals surface area contributed by atoms with Gasteiger partial charge in [-0.05, 0) is 45.4 Å². The van der Waals surface area contributed by atoms with E-state index in [0.29, 0.717) is 34.9 Å². The Morgan fingerprint density at radius 1 is 1.15 bits per heavy atom. The lowest BCUT2D eigenvalue weighted by Gasteiger charge is -2.11. The topological polar surface area (TPSA) is 97.5 Å². The molecular formula is C19H22N2O5. The summed E-state index contributed by atoms with van der Waals surface area (Å²) in [6, 6.07) is 6.99. The first-order valence-electron chi connectivity index (χ1n) is 8.24. The molecule has 138 valence electrons. The molecule has 0 atom stereocenters. The van der Waals surface area contributed by atoms with Crippen LogP contribution in [0.5, 0.6) is 5.75 Å². The molecule has 0 radical (unpaired) electrons. The number of Topliss-reactive ketones (excluding diaryl/α,β-unsaturated/α-hetero) is 1. The number of hydrogen-bond donors (Lipinski definition) is 2. The van der Waals surface area contributed by atoms with E-state index < -0.39 is 18.5 Å². The van der Waals surface area contributed by atoms with Gasteiger partial charge >= 0.3 is 5.97 Å². The highest BCUT2D eigenvalue weighted by molar-refractivity contribution is 6.02. The van der Waals surface area contributed by atoms with Crippen LogP contribution in [0.1, 0.15) is 46.0 Å². The average molecular weight is 358 g/mol. The molecule has 0 unspecified atom stereocenters. The van der Waals surface area contributed by atoms with Crippen molar-refractivity contribution < 1.29 is 23.9 Å². The summed E-state index contributed by atoms with van der Waals surface area (Å²) >= 11 is 0. The first kappa shape index (κ1) is 19.2. The third-order valence-corrected chi connectivity index (χ3v) is 3.79. The molecule has 0 saturated carbocycles. The summed E-state index contributed by atoms with van der Waals surface area (Å²) < 4.78 is 10.5. The molecule has 0 bridgehead atoms. The van der Waals surface area contributed by atoms with Crippen molar-refractivity contribution in [3.63, 3.8) is 0 Å². The molecule has 2 rings (SSSR count). The van der Waals surface area contributed by atoms with E-state index in [1.165, 1.54) is 6.92 Å². The number of carbonyl (C=O) groups excluding carboxylic acids is 3. The van der Waals surface area contributed by atoms with Crippen molar-refractivity contribution in [2.45, 2.75) is 27.7 Å². The number of para-hydroxylation sites is 2. The molecule has 7 heteroatoms. The van der Waals surface area contributed by atoms with Gasteiger partial charge in [0.2, 0.25) is 0 Å². The number of aromatic amines is 1. The Hall–Kier alpha value is -3.09. The van der Waals surface area contributed by atoms with E-state index in [4.69, 9.17) is 9.47 Å². The number of ether oxygens (including phenoxy) is 2. The lowest BCUT2D eigenvalue weighted by molar-refractivity contribution is -0.119. The highest BCUT2D eigenvalue weighted by Crippen LogP contribution is 2.23. The van der Waals surface area contributed by atoms with Gasteiger partial charge in [-0.2, -0.15) is 0 Å². The van der Waals surface area contributed by atoms with Crippen LogP contribution < -0.4 is 10.1 Å². The SMILES string of the molecule is CCOc1ccccc1NC(=O)COC(=O)c1[nH]c(C)c(C(C)=O)c1C. The van der Waals surface area contributed by atoms with E-state index in [-0.39, 0.29) is 11.5 Å². The van der Waals surface area contributed by atoms with Gasteiger partial charge in [0.25, 0.3) is 5.91 Å². The van der Waals surface area contributed by atoms with Crippen LogP contribution in [-0.4, -0.2) is 35.9 Å². The molecule has 0 fully saturated rings. The van der Waals surface area contributed by atoms with Crippen molar-refractivity contribution in [1.82, 2.24) is 4.98 Å². The molecule has 26 heavy (non-hydrogen) atoms. The minimum absolute atomic E-state index is 0.138. The van der Waals surface area contributed by atoms with Crippen molar-refractivity contribution in [3.8, 4) is 5.75 Å². The molecule has 0 aliphatic carbocycles. The van der Waals surface area contributed by atoms with Crippen molar-refractivity contribution in [2.24, 2.45) is 0 Å². The largest absolute Gasteiger partial charge is 0.492 e. The van der Waals surface area contributed by atoms with Gasteiger partial charge < -0.3 is 19.8 Å². The molecular weight excluding hydrogens is 336 g/mol. The highest BCUT2D eigenvalue weighted by atomic mass is 16.5. The first-order chi connectivity index (χ1) is 12.3. The second-order valence-electron chi connectivity index (χ2n) is 5.73. The van der Waals surface area contributed by atoms with Crippen LogP contribution >= 0.6 is 0 Å². The van der Waals surface area contributed by atoms with E-state index in [9.17, 15) is 14.4 Å². The Labute approximate surface area is 151 Å². The van der Waals surface area contributed by atoms with Gasteiger partial charge in [-0.25, -0.2) is 4.79 Å². The van der Waals surface area contributed by atoms with Gasteiger partial charge in [-0.1, -0.05) is 12.1 Å². The molecule has 0 aliphatic rings. The zero-order valence-corrected chi connectivity index (χ0v) is 15.3. The van der Waals surface area contributed by atoms with Gasteiger partial charge in [-0.15, -0.1) is 0 Å². The average Bonchev–Trinajstić information content (AvgIpc) is 2.89. The normalized spacial score (nSPS) is 10.3. The van der Waals surface area contributed by atoms with Gasteiger partial charge in [0, 0.05) is 11.3 Å². The molecule has 0 aliphatic heterocycles. The molecule has 1 aromatic carbocycles. The number of rotatable bonds is 7. The van der Waals surface area contributed by atoms with Gasteiger partial charge in [-0.3, -0.25) is 9.59 Å². The molecule has 1 heterocycles. The number of aryl methyl sites for hydroxylation is 1. The van der Waals surface area contributed by atoms with E-state index in [1.807, 2.05) is 6.92 Å². The number of nitrogens with one attached hydrogen (secondary N) is 2. The molecule has 2 N–H and O–H groups in total. The number of anilines is 1. The zero-order valence-electron chi connectivity index (χ0n) is 15.3. The van der Waals surface area contributed by atoms with Crippen LogP contribution in [0.3, 0.4) is 0 Å². The van der Waals surface area contributed by atoms with Crippen molar-refractivity contribution >= 4 is 23.3 Å². The van der Waals surface area contributed by atoms with Gasteiger partial charge in [0.1, 0.15) is 11.4 Å². The lowest BCUT2D eigenvalue weighted by Crippen LogP contribution is -2.21. The van der Waals surface area contributed by atoms with Crippen LogP contribution in [0, 0.1) is 13.8 Å². The van der Waals surface area contributed by atoms with Crippen LogP contribution in [-0.2, 0) is 9.53 Å². The second-order valence-corrected chi connectivity index (χ2v) is 5.73. The van der Waals surface area contributed by atoms with Crippen LogP contribution in [0.15, 0.2) is 24.3 Å². The second kappa shape index (κ2) is 8.33. The third-order valence-electron chi connectivity index (χ3n) is 3.79. The predicted molar refractivity (Wildman–Crippen MR) is 96.8 cm³/mol. The van der Waals surface area contributed by atoms with Crippen LogP contribution in [0.4, 0.5) is 5.69 Å². The van der Waals surface area contributed by atoms with Crippen LogP contribution in [0.25, 0.3) is 0 Å². The number of ketones is 1. The number of hydrogen-bond acceptors (Lipinski definition) is 5. The Bertz CT molecular complexity index is 838. The maximum Gasteiger partial charge on any atom is 0.355 e. The summed E-state index contributed by atoms with van der Waals surface area (Å²) in [6.07, 6.45) is 0. The summed E-state index contributed by atoms with van der Waals surface area (Å²) in [4.78, 5) is 38.7. The molecule has 2 aromatic rings. The maximum atomic E-state index is 12.2. The fraction of sp³-hybridized carbons (Fsp3) is 0.316. The number of aromatic nitrogens is 1. The zero-order chi connectivity index (χ0) is 19.3. The minimum atomic E-state index is -0.689. The fourth-order valence-electron chi connectivity index (χ4n) is 2.72. The molecule has 7 nitrogen and oxygen atoms in total. The Morgan fingerprint density at radius 2 is 1.85 bits per heavy atom. The van der Waals surface area contributed by atoms with E-state index >= 15 is 0 Å². The number of amides is 1. The molecule has 1 aromatic heterocycles. The lowest BCUT2D eigenvalue weighted by atomic mass is 10.1. The highest BCUT2D eigenvalue weighted by Gasteiger charge is 2.21. The summed E-state index contributed by atoms with van der Waals surface area (Å²) in [6.45, 7) is 6.66. The predicted octanol–water partition coefficient (Wildman–Crippen LogP) is 3.03. The van der Waals surface area contributed by atoms with Crippen molar-refractivity contribution in [1.29, 1.82) is 0 Å². The van der Waals surface area contributed by atoms with E-state index in [1.54, 1.807) is 38.1 Å². The monoisotopic (exact) mass is 358 g/mol. The molecule has 1 amide bonds. The fourth-order valence-corrected chi connectivity index (χ4v) is 2.72. The van der Waals surface area contributed by atoms with Crippen molar-refractivity contribution in [3.05, 3.63) is 46.8 Å². The maximum absolute atomic E-state index is 12.2. The summed E-state index contributed by atoms with van der Waals surface area (Å²) in [5, 5.41) is 2.65. The smallest absolute Gasteiger partial charge is 0.355 e. The van der Waals surface area contributed by atoms with Crippen molar-refractivity contribution in [2.75, 3.05) is 18.5 Å². The minimum Gasteiger partial charge on any atom is -0.492 e. The molecule has 0 saturated heterocycles. The molecule has 0 spiro atoms. The third kappa shape index (κ3) is 4.30. The van der Waals surface area contributed by atoms with Gasteiger partial charge in [0.15, 0.2) is 12.4 Å².